The molecule has 28 heavy (non-hydrogen) atoms. The molecule has 0 radical (unpaired) electrons. The lowest BCUT2D eigenvalue weighted by Gasteiger charge is -2.15. The highest BCUT2D eigenvalue weighted by Gasteiger charge is 2.17. The number of sulfonamides is 1. The molecule has 0 bridgehead atoms. The summed E-state index contributed by atoms with van der Waals surface area (Å²) in [6.45, 7) is 5.17. The van der Waals surface area contributed by atoms with Gasteiger partial charge < -0.3 is 20.1 Å². The van der Waals surface area contributed by atoms with Crippen molar-refractivity contribution in [3.63, 3.8) is 0 Å². The Bertz CT molecular complexity index is 900. The monoisotopic (exact) mass is 423 g/mol. The minimum absolute atomic E-state index is 0.0861. The number of hydrogen-bond acceptors (Lipinski definition) is 5. The summed E-state index contributed by atoms with van der Waals surface area (Å²) in [5.74, 6) is 1.16. The predicted molar refractivity (Wildman–Crippen MR) is 116 cm³/mol. The highest BCUT2D eigenvalue weighted by atomic mass is 32.2. The zero-order valence-electron chi connectivity index (χ0n) is 16.1. The Labute approximate surface area is 171 Å². The van der Waals surface area contributed by atoms with E-state index in [9.17, 15) is 8.42 Å². The third-order valence-corrected chi connectivity index (χ3v) is 5.31. The van der Waals surface area contributed by atoms with Gasteiger partial charge in [-0.1, -0.05) is 6.92 Å². The third-order valence-electron chi connectivity index (χ3n) is 3.68. The van der Waals surface area contributed by atoms with E-state index in [0.717, 1.165) is 6.42 Å². The van der Waals surface area contributed by atoms with Crippen molar-refractivity contribution < 1.29 is 17.9 Å². The topological polar surface area (TPSA) is 88.7 Å². The van der Waals surface area contributed by atoms with E-state index in [4.69, 9.17) is 21.7 Å². The number of benzene rings is 2. The van der Waals surface area contributed by atoms with Gasteiger partial charge >= 0.3 is 0 Å². The van der Waals surface area contributed by atoms with Gasteiger partial charge in [-0.25, -0.2) is 8.42 Å². The van der Waals surface area contributed by atoms with Crippen LogP contribution in [0.15, 0.2) is 47.4 Å². The Balaban J connectivity index is 2.22. The van der Waals surface area contributed by atoms with E-state index >= 15 is 0 Å². The number of rotatable bonds is 9. The fraction of sp³-hybridized carbons (Fsp3) is 0.316. The zero-order chi connectivity index (χ0) is 20.6. The number of hydrogen-bond donors (Lipinski definition) is 3. The van der Waals surface area contributed by atoms with Crippen LogP contribution in [-0.4, -0.2) is 33.8 Å². The normalized spacial score (nSPS) is 10.8. The molecule has 0 aliphatic carbocycles. The second-order valence-electron chi connectivity index (χ2n) is 5.81. The molecule has 0 aliphatic heterocycles. The van der Waals surface area contributed by atoms with Crippen LogP contribution in [0.2, 0.25) is 0 Å². The van der Waals surface area contributed by atoms with Gasteiger partial charge in [0.2, 0.25) is 0 Å². The number of thiocarbonyl (C=S) groups is 1. The first kappa shape index (κ1) is 21.8. The minimum atomic E-state index is -3.79. The van der Waals surface area contributed by atoms with Gasteiger partial charge in [0.25, 0.3) is 10.0 Å². The molecule has 2 aromatic carbocycles. The van der Waals surface area contributed by atoms with E-state index in [1.165, 1.54) is 19.2 Å². The number of nitrogens with one attached hydrogen (secondary N) is 3. The quantitative estimate of drug-likeness (QED) is 0.531. The van der Waals surface area contributed by atoms with Gasteiger partial charge in [-0.2, -0.15) is 0 Å². The first-order valence-corrected chi connectivity index (χ1v) is 10.8. The highest BCUT2D eigenvalue weighted by molar-refractivity contribution is 7.92. The molecule has 0 amide bonds. The molecule has 0 atom stereocenters. The molecule has 0 heterocycles. The Hall–Kier alpha value is -2.52. The molecule has 0 saturated heterocycles. The lowest BCUT2D eigenvalue weighted by molar-refractivity contribution is 0.340. The highest BCUT2D eigenvalue weighted by Crippen LogP contribution is 2.28. The molecule has 152 valence electrons. The van der Waals surface area contributed by atoms with Crippen LogP contribution in [-0.2, 0) is 10.0 Å². The van der Waals surface area contributed by atoms with E-state index < -0.39 is 10.0 Å². The SMILES string of the molecule is CCCNC(=S)Nc1cc(S(=O)(=O)Nc2ccc(OCC)cc2)ccc1OC. The third kappa shape index (κ3) is 6.00. The van der Waals surface area contributed by atoms with Crippen LogP contribution in [0.5, 0.6) is 11.5 Å². The Morgan fingerprint density at radius 2 is 1.82 bits per heavy atom. The molecule has 2 rings (SSSR count). The van der Waals surface area contributed by atoms with Crippen molar-refractivity contribution in [1.29, 1.82) is 0 Å². The zero-order valence-corrected chi connectivity index (χ0v) is 17.7. The Morgan fingerprint density at radius 3 is 2.43 bits per heavy atom. The van der Waals surface area contributed by atoms with Gasteiger partial charge in [-0.05, 0) is 68.0 Å². The smallest absolute Gasteiger partial charge is 0.261 e. The first-order valence-electron chi connectivity index (χ1n) is 8.88. The number of methoxy groups -OCH3 is 1. The molecule has 0 unspecified atom stereocenters. The first-order chi connectivity index (χ1) is 13.4. The maximum absolute atomic E-state index is 12.8. The van der Waals surface area contributed by atoms with E-state index in [1.54, 1.807) is 30.3 Å². The fourth-order valence-electron chi connectivity index (χ4n) is 2.36. The lowest BCUT2D eigenvalue weighted by Crippen LogP contribution is -2.29. The van der Waals surface area contributed by atoms with E-state index in [-0.39, 0.29) is 4.90 Å². The molecule has 0 saturated carbocycles. The summed E-state index contributed by atoms with van der Waals surface area (Å²) in [7, 11) is -2.28. The van der Waals surface area contributed by atoms with Crippen LogP contribution >= 0.6 is 12.2 Å². The van der Waals surface area contributed by atoms with E-state index in [1.807, 2.05) is 13.8 Å². The van der Waals surface area contributed by atoms with Crippen LogP contribution < -0.4 is 24.8 Å². The standard InChI is InChI=1S/C19H25N3O4S2/c1-4-12-20-19(27)21-17-13-16(10-11-18(17)25-3)28(23,24)22-14-6-8-15(9-7-14)26-5-2/h6-11,13,22H,4-5,12H2,1-3H3,(H2,20,21,27). The van der Waals surface area contributed by atoms with Gasteiger partial charge in [-0.3, -0.25) is 4.72 Å². The second kappa shape index (κ2) is 10.1. The van der Waals surface area contributed by atoms with Gasteiger partial charge in [0.05, 0.1) is 24.3 Å². The molecule has 9 heteroatoms. The minimum Gasteiger partial charge on any atom is -0.495 e. The Morgan fingerprint density at radius 1 is 1.11 bits per heavy atom. The molecule has 3 N–H and O–H groups in total. The predicted octanol–water partition coefficient (Wildman–Crippen LogP) is 3.59. The van der Waals surface area contributed by atoms with Gasteiger partial charge in [-0.15, -0.1) is 0 Å². The van der Waals surface area contributed by atoms with Crippen molar-refractivity contribution in [1.82, 2.24) is 5.32 Å². The van der Waals surface area contributed by atoms with Crippen molar-refractivity contribution in [2.45, 2.75) is 25.2 Å². The van der Waals surface area contributed by atoms with Crippen molar-refractivity contribution in [2.24, 2.45) is 0 Å². The van der Waals surface area contributed by atoms with Gasteiger partial charge in [0, 0.05) is 12.2 Å². The molecule has 2 aromatic rings. The van der Waals surface area contributed by atoms with Crippen LogP contribution in [0.3, 0.4) is 0 Å². The van der Waals surface area contributed by atoms with Crippen LogP contribution in [0.25, 0.3) is 0 Å². The van der Waals surface area contributed by atoms with Gasteiger partial charge in [0.1, 0.15) is 11.5 Å². The van der Waals surface area contributed by atoms with Gasteiger partial charge in [0.15, 0.2) is 5.11 Å². The largest absolute Gasteiger partial charge is 0.495 e. The average Bonchev–Trinajstić information content (AvgIpc) is 2.68. The van der Waals surface area contributed by atoms with E-state index in [0.29, 0.717) is 41.1 Å². The summed E-state index contributed by atoms with van der Waals surface area (Å²) in [5.41, 5.74) is 0.902. The molecule has 0 aliphatic rings. The summed E-state index contributed by atoms with van der Waals surface area (Å²) in [4.78, 5) is 0.0861. The van der Waals surface area contributed by atoms with Crippen molar-refractivity contribution >= 4 is 38.7 Å². The second-order valence-corrected chi connectivity index (χ2v) is 7.90. The summed E-state index contributed by atoms with van der Waals surface area (Å²) >= 11 is 5.23. The van der Waals surface area contributed by atoms with Crippen LogP contribution in [0.1, 0.15) is 20.3 Å². The number of ether oxygens (including phenoxy) is 2. The molecular weight excluding hydrogens is 398 g/mol. The van der Waals surface area contributed by atoms with Crippen LogP contribution in [0, 0.1) is 0 Å². The molecule has 7 nitrogen and oxygen atoms in total. The Kier molecular flexibility index (Phi) is 7.89. The van der Waals surface area contributed by atoms with E-state index in [2.05, 4.69) is 15.4 Å². The number of anilines is 2. The van der Waals surface area contributed by atoms with Crippen LogP contribution in [0.4, 0.5) is 11.4 Å². The van der Waals surface area contributed by atoms with Crippen molar-refractivity contribution in [3.05, 3.63) is 42.5 Å². The summed E-state index contributed by atoms with van der Waals surface area (Å²) < 4.78 is 38.7. The maximum atomic E-state index is 12.8. The van der Waals surface area contributed by atoms with Crippen molar-refractivity contribution in [3.8, 4) is 11.5 Å². The molecule has 0 fully saturated rings. The summed E-state index contributed by atoms with van der Waals surface area (Å²) in [6.07, 6.45) is 0.916. The lowest BCUT2D eigenvalue weighted by atomic mass is 10.3. The molecule has 0 spiro atoms. The average molecular weight is 424 g/mol. The van der Waals surface area contributed by atoms with Crippen molar-refractivity contribution in [2.75, 3.05) is 30.3 Å². The summed E-state index contributed by atoms with van der Waals surface area (Å²) in [6, 6.07) is 11.3. The molecule has 0 aromatic heterocycles. The summed E-state index contributed by atoms with van der Waals surface area (Å²) in [5, 5.41) is 6.41. The fourth-order valence-corrected chi connectivity index (χ4v) is 3.65. The molecular formula is C19H25N3O4S2. The maximum Gasteiger partial charge on any atom is 0.261 e.